The van der Waals surface area contributed by atoms with Crippen molar-refractivity contribution in [2.24, 2.45) is 5.73 Å². The molecule has 0 unspecified atom stereocenters. The van der Waals surface area contributed by atoms with Crippen molar-refractivity contribution in [2.45, 2.75) is 56.4 Å². The van der Waals surface area contributed by atoms with Crippen molar-refractivity contribution in [3.8, 4) is 5.69 Å². The molecule has 7 heteroatoms. The Morgan fingerprint density at radius 3 is 2.38 bits per heavy atom. The quantitative estimate of drug-likeness (QED) is 0.909. The fourth-order valence-electron chi connectivity index (χ4n) is 3.92. The van der Waals surface area contributed by atoms with Gasteiger partial charge in [0, 0.05) is 37.2 Å². The molecule has 1 aliphatic carbocycles. The maximum Gasteiger partial charge on any atom is 0.160 e. The third-order valence-electron chi connectivity index (χ3n) is 5.52. The molecular formula is C19H24F2N4O. The first kappa shape index (κ1) is 17.5. The van der Waals surface area contributed by atoms with Crippen molar-refractivity contribution >= 4 is 0 Å². The first-order valence-electron chi connectivity index (χ1n) is 9.37. The Labute approximate surface area is 151 Å². The molecule has 140 valence electrons. The van der Waals surface area contributed by atoms with E-state index in [1.165, 1.54) is 6.07 Å². The molecule has 1 aromatic heterocycles. The van der Waals surface area contributed by atoms with Gasteiger partial charge in [0.25, 0.3) is 0 Å². The third-order valence-corrected chi connectivity index (χ3v) is 5.52. The highest BCUT2D eigenvalue weighted by molar-refractivity contribution is 5.33. The number of rotatable bonds is 3. The van der Waals surface area contributed by atoms with Crippen molar-refractivity contribution in [1.29, 1.82) is 0 Å². The van der Waals surface area contributed by atoms with Gasteiger partial charge in [-0.05, 0) is 50.7 Å². The molecule has 2 aromatic rings. The van der Waals surface area contributed by atoms with Gasteiger partial charge in [0.2, 0.25) is 0 Å². The maximum absolute atomic E-state index is 13.8. The number of nitrogens with two attached hydrogens (primary N) is 1. The van der Waals surface area contributed by atoms with Gasteiger partial charge < -0.3 is 10.5 Å². The average Bonchev–Trinajstić information content (AvgIpc) is 3.11. The fourth-order valence-corrected chi connectivity index (χ4v) is 3.92. The summed E-state index contributed by atoms with van der Waals surface area (Å²) in [5.74, 6) is 0.377. The minimum absolute atomic E-state index is 0.237. The van der Waals surface area contributed by atoms with Gasteiger partial charge in [-0.25, -0.2) is 18.4 Å². The zero-order valence-electron chi connectivity index (χ0n) is 14.7. The van der Waals surface area contributed by atoms with Crippen molar-refractivity contribution < 1.29 is 13.5 Å². The molecule has 1 saturated heterocycles. The molecule has 0 bridgehead atoms. The third kappa shape index (κ3) is 3.50. The van der Waals surface area contributed by atoms with Gasteiger partial charge in [0.15, 0.2) is 17.5 Å². The molecule has 1 aromatic carbocycles. The highest BCUT2D eigenvalue weighted by atomic mass is 19.2. The standard InChI is InChI=1S/C19H24F2N4O/c20-16-6-5-15(11-17(16)21)25-19(13-1-3-14(22)4-2-13)23-18(24-25)12-7-9-26-10-8-12/h5-6,11-14H,1-4,7-10,22H2. The maximum atomic E-state index is 13.8. The van der Waals surface area contributed by atoms with Gasteiger partial charge in [-0.2, -0.15) is 5.10 Å². The normalized spacial score (nSPS) is 24.7. The molecule has 1 aliphatic heterocycles. The van der Waals surface area contributed by atoms with E-state index in [0.717, 1.165) is 56.2 Å². The summed E-state index contributed by atoms with van der Waals surface area (Å²) in [7, 11) is 0. The summed E-state index contributed by atoms with van der Waals surface area (Å²) >= 11 is 0. The second-order valence-electron chi connectivity index (χ2n) is 7.34. The molecule has 2 heterocycles. The molecule has 0 atom stereocenters. The van der Waals surface area contributed by atoms with Crippen LogP contribution in [0.15, 0.2) is 18.2 Å². The summed E-state index contributed by atoms with van der Waals surface area (Å²) in [5, 5.41) is 4.70. The number of hydrogen-bond acceptors (Lipinski definition) is 4. The highest BCUT2D eigenvalue weighted by Gasteiger charge is 2.29. The second-order valence-corrected chi connectivity index (χ2v) is 7.34. The van der Waals surface area contributed by atoms with E-state index in [2.05, 4.69) is 0 Å². The zero-order valence-corrected chi connectivity index (χ0v) is 14.7. The highest BCUT2D eigenvalue weighted by Crippen LogP contribution is 2.34. The van der Waals surface area contributed by atoms with E-state index in [9.17, 15) is 8.78 Å². The van der Waals surface area contributed by atoms with Crippen LogP contribution < -0.4 is 5.73 Å². The first-order chi connectivity index (χ1) is 12.6. The predicted octanol–water partition coefficient (Wildman–Crippen LogP) is 3.42. The lowest BCUT2D eigenvalue weighted by Crippen LogP contribution is -2.26. The van der Waals surface area contributed by atoms with E-state index < -0.39 is 11.6 Å². The predicted molar refractivity (Wildman–Crippen MR) is 93.3 cm³/mol. The summed E-state index contributed by atoms with van der Waals surface area (Å²) < 4.78 is 34.3. The van der Waals surface area contributed by atoms with E-state index in [-0.39, 0.29) is 17.9 Å². The van der Waals surface area contributed by atoms with Crippen molar-refractivity contribution in [3.05, 3.63) is 41.5 Å². The molecular weight excluding hydrogens is 338 g/mol. The Morgan fingerprint density at radius 1 is 0.962 bits per heavy atom. The van der Waals surface area contributed by atoms with Gasteiger partial charge in [0.05, 0.1) is 5.69 Å². The van der Waals surface area contributed by atoms with Crippen LogP contribution in [0.25, 0.3) is 5.69 Å². The van der Waals surface area contributed by atoms with E-state index >= 15 is 0 Å². The van der Waals surface area contributed by atoms with Crippen LogP contribution in [0.5, 0.6) is 0 Å². The van der Waals surface area contributed by atoms with Gasteiger partial charge in [-0.15, -0.1) is 0 Å². The minimum atomic E-state index is -0.873. The molecule has 0 radical (unpaired) electrons. The molecule has 2 fully saturated rings. The van der Waals surface area contributed by atoms with Crippen LogP contribution in [0.1, 0.15) is 62.0 Å². The van der Waals surface area contributed by atoms with Gasteiger partial charge in [-0.3, -0.25) is 0 Å². The Kier molecular flexibility index (Phi) is 5.00. The van der Waals surface area contributed by atoms with Crippen LogP contribution in [0, 0.1) is 11.6 Å². The molecule has 2 N–H and O–H groups in total. The average molecular weight is 362 g/mol. The number of aromatic nitrogens is 3. The van der Waals surface area contributed by atoms with Crippen LogP contribution >= 0.6 is 0 Å². The topological polar surface area (TPSA) is 66.0 Å². The summed E-state index contributed by atoms with van der Waals surface area (Å²) in [6.45, 7) is 1.41. The van der Waals surface area contributed by atoms with E-state index in [1.54, 1.807) is 10.7 Å². The zero-order chi connectivity index (χ0) is 18.1. The molecule has 2 aliphatic rings. The summed E-state index contributed by atoms with van der Waals surface area (Å²) in [6, 6.07) is 4.12. The summed E-state index contributed by atoms with van der Waals surface area (Å²) in [4.78, 5) is 4.85. The lowest BCUT2D eigenvalue weighted by Gasteiger charge is -2.25. The minimum Gasteiger partial charge on any atom is -0.381 e. The second kappa shape index (κ2) is 7.40. The first-order valence-corrected chi connectivity index (χ1v) is 9.37. The molecule has 5 nitrogen and oxygen atoms in total. The Bertz CT molecular complexity index is 765. The van der Waals surface area contributed by atoms with Crippen LogP contribution in [-0.2, 0) is 4.74 Å². The molecule has 0 spiro atoms. The SMILES string of the molecule is NC1CCC(c2nc(C3CCOCC3)nn2-c2ccc(F)c(F)c2)CC1. The van der Waals surface area contributed by atoms with Gasteiger partial charge in [0.1, 0.15) is 5.82 Å². The van der Waals surface area contributed by atoms with Gasteiger partial charge in [-0.1, -0.05) is 0 Å². The van der Waals surface area contributed by atoms with Crippen LogP contribution in [0.2, 0.25) is 0 Å². The van der Waals surface area contributed by atoms with E-state index in [1.807, 2.05) is 0 Å². The largest absolute Gasteiger partial charge is 0.381 e. The molecule has 4 rings (SSSR count). The number of nitrogens with zero attached hydrogens (tertiary/aromatic N) is 3. The lowest BCUT2D eigenvalue weighted by atomic mass is 9.86. The van der Waals surface area contributed by atoms with Crippen molar-refractivity contribution in [1.82, 2.24) is 14.8 Å². The van der Waals surface area contributed by atoms with Crippen LogP contribution in [0.3, 0.4) is 0 Å². The Balaban J connectivity index is 1.71. The number of benzene rings is 1. The van der Waals surface area contributed by atoms with Crippen LogP contribution in [-0.4, -0.2) is 34.0 Å². The molecule has 1 saturated carbocycles. The summed E-state index contributed by atoms with van der Waals surface area (Å²) in [5.41, 5.74) is 6.55. The summed E-state index contributed by atoms with van der Waals surface area (Å²) in [6.07, 6.45) is 5.55. The Morgan fingerprint density at radius 2 is 1.69 bits per heavy atom. The van der Waals surface area contributed by atoms with Crippen molar-refractivity contribution in [2.75, 3.05) is 13.2 Å². The van der Waals surface area contributed by atoms with Gasteiger partial charge >= 0.3 is 0 Å². The number of halogens is 2. The molecule has 26 heavy (non-hydrogen) atoms. The number of hydrogen-bond donors (Lipinski definition) is 1. The smallest absolute Gasteiger partial charge is 0.160 e. The fraction of sp³-hybridized carbons (Fsp3) is 0.579. The van der Waals surface area contributed by atoms with Crippen LogP contribution in [0.4, 0.5) is 8.78 Å². The number of ether oxygens (including phenoxy) is 1. The lowest BCUT2D eigenvalue weighted by molar-refractivity contribution is 0.0836. The van der Waals surface area contributed by atoms with E-state index in [0.29, 0.717) is 18.9 Å². The van der Waals surface area contributed by atoms with Crippen molar-refractivity contribution in [3.63, 3.8) is 0 Å². The monoisotopic (exact) mass is 362 g/mol. The Hall–Kier alpha value is -1.86. The molecule has 0 amide bonds. The van der Waals surface area contributed by atoms with E-state index in [4.69, 9.17) is 20.6 Å².